The zero-order valence-electron chi connectivity index (χ0n) is 22.6. The van der Waals surface area contributed by atoms with E-state index >= 15 is 0 Å². The lowest BCUT2D eigenvalue weighted by Crippen LogP contribution is -2.19. The van der Waals surface area contributed by atoms with Gasteiger partial charge in [0.15, 0.2) is 6.61 Å². The maximum atomic E-state index is 13.0. The first kappa shape index (κ1) is 31.0. The zero-order chi connectivity index (χ0) is 32.2. The first-order chi connectivity index (χ1) is 21.3. The number of halogens is 8. The molecule has 0 radical (unpaired) electrons. The van der Waals surface area contributed by atoms with Crippen LogP contribution >= 0.6 is 0 Å². The van der Waals surface area contributed by atoms with Gasteiger partial charge in [0, 0.05) is 0 Å². The van der Waals surface area contributed by atoms with E-state index in [0.29, 0.717) is 33.1 Å². The Morgan fingerprint density at radius 1 is 0.511 bits per heavy atom. The number of hydrogen-bond donors (Lipinski definition) is 0. The van der Waals surface area contributed by atoms with Crippen LogP contribution in [-0.2, 0) is 0 Å². The SMILES string of the molecule is Fc1ccc(-c2ccc3ncnc(OC(F)(F)F)c3c2)cc1.Fc1ccc(-c2ccc3ncnc(OCC(F)(F)F)c3c2)cc1. The topological polar surface area (TPSA) is 70.0 Å². The molecule has 0 saturated carbocycles. The number of rotatable bonds is 5. The van der Waals surface area contributed by atoms with Crippen molar-refractivity contribution in [1.82, 2.24) is 19.9 Å². The minimum absolute atomic E-state index is 0.127. The second-order valence-electron chi connectivity index (χ2n) is 9.29. The first-order valence-electron chi connectivity index (χ1n) is 12.8. The molecule has 0 aliphatic rings. The van der Waals surface area contributed by atoms with Gasteiger partial charge in [-0.25, -0.2) is 28.7 Å². The molecule has 0 aliphatic heterocycles. The van der Waals surface area contributed by atoms with E-state index in [9.17, 15) is 35.1 Å². The molecule has 0 fully saturated rings. The highest BCUT2D eigenvalue weighted by Gasteiger charge is 2.33. The molecule has 0 atom stereocenters. The van der Waals surface area contributed by atoms with Crippen LogP contribution in [0.25, 0.3) is 44.1 Å². The van der Waals surface area contributed by atoms with Gasteiger partial charge in [-0.2, -0.15) is 13.2 Å². The third-order valence-electron chi connectivity index (χ3n) is 6.14. The summed E-state index contributed by atoms with van der Waals surface area (Å²) in [6, 6.07) is 21.1. The van der Waals surface area contributed by atoms with Crippen molar-refractivity contribution in [2.45, 2.75) is 12.5 Å². The van der Waals surface area contributed by atoms with Crippen molar-refractivity contribution in [3.8, 4) is 34.0 Å². The van der Waals surface area contributed by atoms with Crippen LogP contribution in [0.5, 0.6) is 11.8 Å². The molecule has 0 amide bonds. The molecule has 6 nitrogen and oxygen atoms in total. The van der Waals surface area contributed by atoms with Gasteiger partial charge >= 0.3 is 12.5 Å². The molecule has 45 heavy (non-hydrogen) atoms. The van der Waals surface area contributed by atoms with E-state index in [2.05, 4.69) is 24.7 Å². The lowest BCUT2D eigenvalue weighted by molar-refractivity contribution is -0.275. The van der Waals surface area contributed by atoms with Gasteiger partial charge in [-0.3, -0.25) is 0 Å². The Kier molecular flexibility index (Phi) is 8.75. The number of benzene rings is 4. The van der Waals surface area contributed by atoms with Crippen LogP contribution < -0.4 is 9.47 Å². The Bertz CT molecular complexity index is 1930. The van der Waals surface area contributed by atoms with Gasteiger partial charge in [-0.05, 0) is 70.8 Å². The van der Waals surface area contributed by atoms with Crippen LogP contribution in [0.4, 0.5) is 35.1 Å². The molecule has 230 valence electrons. The van der Waals surface area contributed by atoms with E-state index < -0.39 is 30.8 Å². The van der Waals surface area contributed by atoms with Gasteiger partial charge in [0.05, 0.1) is 21.8 Å². The van der Waals surface area contributed by atoms with Crippen molar-refractivity contribution in [3.63, 3.8) is 0 Å². The average Bonchev–Trinajstić information content (AvgIpc) is 3.00. The second kappa shape index (κ2) is 12.7. The third-order valence-corrected chi connectivity index (χ3v) is 6.14. The molecule has 0 unspecified atom stereocenters. The molecule has 14 heteroatoms. The molecular weight excluding hydrogens is 612 g/mol. The number of ether oxygens (including phenoxy) is 2. The van der Waals surface area contributed by atoms with Gasteiger partial charge < -0.3 is 9.47 Å². The van der Waals surface area contributed by atoms with Crippen molar-refractivity contribution in [2.75, 3.05) is 6.61 Å². The molecule has 0 N–H and O–H groups in total. The summed E-state index contributed by atoms with van der Waals surface area (Å²) in [5.74, 6) is -1.47. The number of hydrogen-bond acceptors (Lipinski definition) is 6. The third kappa shape index (κ3) is 8.16. The summed E-state index contributed by atoms with van der Waals surface area (Å²) in [6.45, 7) is -1.43. The highest BCUT2D eigenvalue weighted by molar-refractivity contribution is 5.89. The fourth-order valence-corrected chi connectivity index (χ4v) is 4.17. The molecule has 4 aromatic carbocycles. The van der Waals surface area contributed by atoms with Crippen molar-refractivity contribution in [3.05, 3.63) is 109 Å². The van der Waals surface area contributed by atoms with Crippen molar-refractivity contribution in [2.24, 2.45) is 0 Å². The smallest absolute Gasteiger partial charge is 0.467 e. The van der Waals surface area contributed by atoms with E-state index in [1.165, 1.54) is 42.5 Å². The van der Waals surface area contributed by atoms with Crippen LogP contribution in [0.3, 0.4) is 0 Å². The highest BCUT2D eigenvalue weighted by Crippen LogP contribution is 2.32. The van der Waals surface area contributed by atoms with Gasteiger partial charge in [0.1, 0.15) is 24.3 Å². The zero-order valence-corrected chi connectivity index (χ0v) is 22.6. The maximum absolute atomic E-state index is 13.0. The van der Waals surface area contributed by atoms with Gasteiger partial charge in [-0.15, -0.1) is 13.2 Å². The van der Waals surface area contributed by atoms with E-state index in [0.717, 1.165) is 18.2 Å². The highest BCUT2D eigenvalue weighted by atomic mass is 19.4. The van der Waals surface area contributed by atoms with Gasteiger partial charge in [0.2, 0.25) is 11.8 Å². The molecule has 6 aromatic rings. The Morgan fingerprint density at radius 3 is 1.38 bits per heavy atom. The lowest BCUT2D eigenvalue weighted by Gasteiger charge is -2.11. The normalized spacial score (nSPS) is 11.6. The summed E-state index contributed by atoms with van der Waals surface area (Å²) in [5.41, 5.74) is 3.46. The summed E-state index contributed by atoms with van der Waals surface area (Å²) >= 11 is 0. The Labute approximate surface area is 248 Å². The molecule has 2 aromatic heterocycles. The predicted molar refractivity (Wildman–Crippen MR) is 148 cm³/mol. The summed E-state index contributed by atoms with van der Waals surface area (Å²) in [6.07, 6.45) is -7.15. The van der Waals surface area contributed by atoms with Gasteiger partial charge in [-0.1, -0.05) is 36.4 Å². The Morgan fingerprint density at radius 2 is 0.933 bits per heavy atom. The summed E-state index contributed by atoms with van der Waals surface area (Å²) in [5, 5.41) is 0.486. The minimum atomic E-state index is -4.84. The standard InChI is InChI=1S/C16H10F4N2O.C15H8F4N2O/c17-12-4-1-10(2-5-12)11-3-6-14-13(7-11)15(22-9-21-14)23-8-16(18,19)20;16-11-4-1-9(2-5-11)10-3-6-13-12(7-10)14(21-8-20-13)22-15(17,18)19/h1-7,9H,8H2;1-8H. The number of aromatic nitrogens is 4. The number of fused-ring (bicyclic) bond motifs is 2. The van der Waals surface area contributed by atoms with E-state index in [1.807, 2.05) is 0 Å². The monoisotopic (exact) mass is 630 g/mol. The maximum Gasteiger partial charge on any atom is 0.574 e. The number of nitrogens with zero attached hydrogens (tertiary/aromatic N) is 4. The van der Waals surface area contributed by atoms with Crippen molar-refractivity contribution < 1.29 is 44.6 Å². The van der Waals surface area contributed by atoms with E-state index in [-0.39, 0.29) is 17.1 Å². The van der Waals surface area contributed by atoms with Crippen LogP contribution in [0.1, 0.15) is 0 Å². The average molecular weight is 630 g/mol. The first-order valence-corrected chi connectivity index (χ1v) is 12.8. The minimum Gasteiger partial charge on any atom is -0.467 e. The van der Waals surface area contributed by atoms with E-state index in [4.69, 9.17) is 4.74 Å². The Hall–Kier alpha value is -5.40. The van der Waals surface area contributed by atoms with Crippen LogP contribution in [0.15, 0.2) is 97.6 Å². The second-order valence-corrected chi connectivity index (χ2v) is 9.29. The quantitative estimate of drug-likeness (QED) is 0.178. The number of alkyl halides is 6. The fourth-order valence-electron chi connectivity index (χ4n) is 4.17. The summed E-state index contributed by atoms with van der Waals surface area (Å²) < 4.78 is 109. The molecule has 0 spiro atoms. The molecule has 2 heterocycles. The molecule has 0 bridgehead atoms. The Balaban J connectivity index is 0.000000178. The predicted octanol–water partition coefficient (Wildman–Crippen LogP) is 8.71. The largest absolute Gasteiger partial charge is 0.574 e. The summed E-state index contributed by atoms with van der Waals surface area (Å²) in [4.78, 5) is 15.2. The van der Waals surface area contributed by atoms with E-state index in [1.54, 1.807) is 42.5 Å². The molecule has 6 rings (SSSR count). The lowest BCUT2D eigenvalue weighted by atomic mass is 10.0. The van der Waals surface area contributed by atoms with Crippen LogP contribution in [-0.4, -0.2) is 39.1 Å². The molecule has 0 aliphatic carbocycles. The molecular formula is C31H18F8N4O2. The molecule has 0 saturated heterocycles. The van der Waals surface area contributed by atoms with Crippen molar-refractivity contribution in [1.29, 1.82) is 0 Å². The fraction of sp³-hybridized carbons (Fsp3) is 0.0968. The van der Waals surface area contributed by atoms with Gasteiger partial charge in [0.25, 0.3) is 0 Å². The summed E-state index contributed by atoms with van der Waals surface area (Å²) in [7, 11) is 0. The van der Waals surface area contributed by atoms with Crippen LogP contribution in [0, 0.1) is 11.6 Å². The van der Waals surface area contributed by atoms with Crippen molar-refractivity contribution >= 4 is 21.8 Å². The van der Waals surface area contributed by atoms with Crippen LogP contribution in [0.2, 0.25) is 0 Å².